The second-order valence-electron chi connectivity index (χ2n) is 4.52. The summed E-state index contributed by atoms with van der Waals surface area (Å²) >= 11 is 3.49. The van der Waals surface area contributed by atoms with Gasteiger partial charge in [-0.2, -0.15) is 0 Å². The Morgan fingerprint density at radius 1 is 1.57 bits per heavy atom. The number of pyridine rings is 1. The fraction of sp³-hybridized carbons (Fsp3) is 0.545. The predicted octanol–water partition coefficient (Wildman–Crippen LogP) is 2.54. The zero-order valence-corrected chi connectivity index (χ0v) is 10.1. The number of hydrogen-bond acceptors (Lipinski definition) is 2. The maximum atomic E-state index is 5.75. The van der Waals surface area contributed by atoms with Gasteiger partial charge in [-0.25, -0.2) is 4.98 Å². The van der Waals surface area contributed by atoms with Gasteiger partial charge in [0.25, 0.3) is 0 Å². The molecule has 2 atom stereocenters. The van der Waals surface area contributed by atoms with Crippen LogP contribution in [0.25, 0.3) is 0 Å². The van der Waals surface area contributed by atoms with Crippen molar-refractivity contribution < 1.29 is 0 Å². The zero-order chi connectivity index (χ0) is 10.3. The predicted molar refractivity (Wildman–Crippen MR) is 61.0 cm³/mol. The summed E-state index contributed by atoms with van der Waals surface area (Å²) in [6.07, 6.45) is 1.81. The Kier molecular flexibility index (Phi) is 2.40. The van der Waals surface area contributed by atoms with Gasteiger partial charge in [0, 0.05) is 6.20 Å². The second-order valence-corrected chi connectivity index (χ2v) is 5.28. The van der Waals surface area contributed by atoms with Crippen LogP contribution in [0.1, 0.15) is 25.3 Å². The standard InChI is InChI=1S/C11H15BrN2/c1-11(2)8(6-13)9(11)7-4-3-5-14-10(7)12/h3-5,8-9H,6,13H2,1-2H3/t8-,9-/m1/s1. The quantitative estimate of drug-likeness (QED) is 0.825. The van der Waals surface area contributed by atoms with Crippen LogP contribution in [0, 0.1) is 11.3 Å². The molecule has 0 spiro atoms. The number of halogens is 1. The number of nitrogens with zero attached hydrogens (tertiary/aromatic N) is 1. The summed E-state index contributed by atoms with van der Waals surface area (Å²) in [6.45, 7) is 5.31. The Labute approximate surface area is 93.0 Å². The highest BCUT2D eigenvalue weighted by Crippen LogP contribution is 2.64. The first-order valence-electron chi connectivity index (χ1n) is 4.89. The molecular weight excluding hydrogens is 240 g/mol. The molecule has 14 heavy (non-hydrogen) atoms. The highest BCUT2D eigenvalue weighted by Gasteiger charge is 2.57. The molecule has 0 radical (unpaired) electrons. The summed E-state index contributed by atoms with van der Waals surface area (Å²) in [5, 5.41) is 0. The van der Waals surface area contributed by atoms with Gasteiger partial charge in [0.05, 0.1) is 0 Å². The van der Waals surface area contributed by atoms with Gasteiger partial charge in [0.15, 0.2) is 0 Å². The van der Waals surface area contributed by atoms with Gasteiger partial charge in [-0.15, -0.1) is 0 Å². The SMILES string of the molecule is CC1(C)[C@H](CN)[C@H]1c1cccnc1Br. The molecule has 2 nitrogen and oxygen atoms in total. The lowest BCUT2D eigenvalue weighted by Crippen LogP contribution is -2.05. The lowest BCUT2D eigenvalue weighted by Gasteiger charge is -2.04. The maximum Gasteiger partial charge on any atom is 0.109 e. The summed E-state index contributed by atoms with van der Waals surface area (Å²) in [7, 11) is 0. The smallest absolute Gasteiger partial charge is 0.109 e. The van der Waals surface area contributed by atoms with Crippen molar-refractivity contribution in [2.24, 2.45) is 17.1 Å². The molecule has 2 rings (SSSR count). The first-order valence-corrected chi connectivity index (χ1v) is 5.68. The number of nitrogens with two attached hydrogens (primary N) is 1. The van der Waals surface area contributed by atoms with E-state index >= 15 is 0 Å². The van der Waals surface area contributed by atoms with E-state index in [1.807, 2.05) is 6.07 Å². The Morgan fingerprint density at radius 3 is 2.79 bits per heavy atom. The summed E-state index contributed by atoms with van der Waals surface area (Å²) in [6, 6.07) is 4.13. The average molecular weight is 255 g/mol. The van der Waals surface area contributed by atoms with Crippen molar-refractivity contribution in [3.05, 3.63) is 28.5 Å². The Bertz CT molecular complexity index is 349. The van der Waals surface area contributed by atoms with Crippen LogP contribution in [0.5, 0.6) is 0 Å². The van der Waals surface area contributed by atoms with E-state index in [1.165, 1.54) is 5.56 Å². The molecule has 1 heterocycles. The molecule has 76 valence electrons. The van der Waals surface area contributed by atoms with E-state index in [-0.39, 0.29) is 0 Å². The number of hydrogen-bond donors (Lipinski definition) is 1. The number of aromatic nitrogens is 1. The Morgan fingerprint density at radius 2 is 2.29 bits per heavy atom. The molecule has 3 heteroatoms. The van der Waals surface area contributed by atoms with E-state index in [0.717, 1.165) is 11.1 Å². The Balaban J connectivity index is 2.31. The largest absolute Gasteiger partial charge is 0.330 e. The fourth-order valence-corrected chi connectivity index (χ4v) is 2.93. The molecule has 1 aromatic heterocycles. The normalized spacial score (nSPS) is 28.9. The third kappa shape index (κ3) is 1.39. The molecule has 0 aliphatic heterocycles. The molecule has 1 saturated carbocycles. The summed E-state index contributed by atoms with van der Waals surface area (Å²) in [4.78, 5) is 4.25. The minimum absolute atomic E-state index is 0.334. The molecule has 0 unspecified atom stereocenters. The van der Waals surface area contributed by atoms with E-state index in [0.29, 0.717) is 17.3 Å². The third-order valence-corrected chi connectivity index (χ3v) is 4.09. The topological polar surface area (TPSA) is 38.9 Å². The highest BCUT2D eigenvalue weighted by atomic mass is 79.9. The van der Waals surface area contributed by atoms with Crippen LogP contribution in [0.15, 0.2) is 22.9 Å². The van der Waals surface area contributed by atoms with Crippen molar-refractivity contribution in [1.29, 1.82) is 0 Å². The molecule has 1 aliphatic rings. The minimum Gasteiger partial charge on any atom is -0.330 e. The summed E-state index contributed by atoms with van der Waals surface area (Å²) in [5.74, 6) is 1.17. The van der Waals surface area contributed by atoms with E-state index in [9.17, 15) is 0 Å². The van der Waals surface area contributed by atoms with Crippen molar-refractivity contribution in [2.45, 2.75) is 19.8 Å². The van der Waals surface area contributed by atoms with Crippen LogP contribution in [-0.4, -0.2) is 11.5 Å². The van der Waals surface area contributed by atoms with Gasteiger partial charge < -0.3 is 5.73 Å². The molecule has 1 aromatic rings. The molecule has 0 bridgehead atoms. The van der Waals surface area contributed by atoms with E-state index < -0.39 is 0 Å². The van der Waals surface area contributed by atoms with Gasteiger partial charge in [0.2, 0.25) is 0 Å². The van der Waals surface area contributed by atoms with Crippen molar-refractivity contribution in [2.75, 3.05) is 6.54 Å². The van der Waals surface area contributed by atoms with Crippen LogP contribution < -0.4 is 5.73 Å². The first-order chi connectivity index (χ1) is 6.59. The van der Waals surface area contributed by atoms with Gasteiger partial charge in [-0.3, -0.25) is 0 Å². The minimum atomic E-state index is 0.334. The molecule has 0 aromatic carbocycles. The lowest BCUT2D eigenvalue weighted by molar-refractivity contribution is 0.558. The average Bonchev–Trinajstić information content (AvgIpc) is 2.69. The molecule has 2 N–H and O–H groups in total. The zero-order valence-electron chi connectivity index (χ0n) is 8.50. The van der Waals surface area contributed by atoms with Gasteiger partial charge in [-0.1, -0.05) is 19.9 Å². The number of rotatable bonds is 2. The van der Waals surface area contributed by atoms with Crippen LogP contribution >= 0.6 is 15.9 Å². The molecule has 0 saturated heterocycles. The van der Waals surface area contributed by atoms with Crippen LogP contribution in [0.4, 0.5) is 0 Å². The van der Waals surface area contributed by atoms with Crippen LogP contribution in [0.3, 0.4) is 0 Å². The van der Waals surface area contributed by atoms with Crippen LogP contribution in [-0.2, 0) is 0 Å². The Hall–Kier alpha value is -0.410. The van der Waals surface area contributed by atoms with Crippen molar-refractivity contribution in [3.63, 3.8) is 0 Å². The lowest BCUT2D eigenvalue weighted by atomic mass is 10.1. The van der Waals surface area contributed by atoms with Gasteiger partial charge in [0.1, 0.15) is 4.60 Å². The molecule has 1 aliphatic carbocycles. The summed E-state index contributed by atoms with van der Waals surface area (Å²) < 4.78 is 0.967. The monoisotopic (exact) mass is 254 g/mol. The van der Waals surface area contributed by atoms with Crippen molar-refractivity contribution >= 4 is 15.9 Å². The van der Waals surface area contributed by atoms with E-state index in [1.54, 1.807) is 6.20 Å². The maximum absolute atomic E-state index is 5.75. The fourth-order valence-electron chi connectivity index (χ4n) is 2.43. The van der Waals surface area contributed by atoms with Crippen molar-refractivity contribution in [3.8, 4) is 0 Å². The molecular formula is C11H15BrN2. The van der Waals surface area contributed by atoms with Crippen LogP contribution in [0.2, 0.25) is 0 Å². The highest BCUT2D eigenvalue weighted by molar-refractivity contribution is 9.10. The van der Waals surface area contributed by atoms with Crippen molar-refractivity contribution in [1.82, 2.24) is 4.98 Å². The first kappa shape index (κ1) is 10.1. The van der Waals surface area contributed by atoms with E-state index in [4.69, 9.17) is 5.73 Å². The second kappa shape index (κ2) is 3.31. The third-order valence-electron chi connectivity index (χ3n) is 3.43. The van der Waals surface area contributed by atoms with Gasteiger partial charge in [-0.05, 0) is 51.4 Å². The van der Waals surface area contributed by atoms with Gasteiger partial charge >= 0.3 is 0 Å². The molecule has 0 amide bonds. The van der Waals surface area contributed by atoms with E-state index in [2.05, 4.69) is 40.8 Å². The summed E-state index contributed by atoms with van der Waals surface area (Å²) in [5.41, 5.74) is 7.38. The molecule has 1 fully saturated rings.